The molecule has 32 heavy (non-hydrogen) atoms. The zero-order valence-corrected chi connectivity index (χ0v) is 17.5. The van der Waals surface area contributed by atoms with E-state index in [1.165, 1.54) is 11.9 Å². The summed E-state index contributed by atoms with van der Waals surface area (Å²) in [6, 6.07) is 15.1. The number of furan rings is 1. The number of benzene rings is 2. The van der Waals surface area contributed by atoms with E-state index in [-0.39, 0.29) is 11.7 Å². The number of carboxylic acid groups (broad SMARTS) is 1. The Labute approximate surface area is 185 Å². The first-order chi connectivity index (χ1) is 15.7. The minimum Gasteiger partial charge on any atom is -0.490 e. The maximum atomic E-state index is 11.6. The molecule has 0 radical (unpaired) electrons. The van der Waals surface area contributed by atoms with Crippen molar-refractivity contribution in [2.24, 2.45) is 0 Å². The molecule has 0 bridgehead atoms. The SMILES string of the molecule is O=C(O)c1ccc(-c2cc(NCCc3ccc4ccoc4c3)ncn2)cc1OC1CCC1. The minimum absolute atomic E-state index is 0.0892. The molecule has 5 rings (SSSR count). The number of aromatic nitrogens is 2. The Morgan fingerprint density at radius 3 is 2.84 bits per heavy atom. The topological polar surface area (TPSA) is 97.5 Å². The van der Waals surface area contributed by atoms with E-state index in [0.29, 0.717) is 23.8 Å². The van der Waals surface area contributed by atoms with Crippen molar-refractivity contribution >= 4 is 22.8 Å². The van der Waals surface area contributed by atoms with Gasteiger partial charge in [-0.15, -0.1) is 0 Å². The second-order valence-electron chi connectivity index (χ2n) is 7.94. The van der Waals surface area contributed by atoms with E-state index in [1.807, 2.05) is 12.1 Å². The average molecular weight is 429 g/mol. The van der Waals surface area contributed by atoms with Gasteiger partial charge in [-0.05, 0) is 55.5 Å². The van der Waals surface area contributed by atoms with Crippen LogP contribution in [-0.2, 0) is 6.42 Å². The van der Waals surface area contributed by atoms with Crippen LogP contribution in [0.1, 0.15) is 35.2 Å². The molecule has 1 fully saturated rings. The molecule has 1 aliphatic carbocycles. The summed E-state index contributed by atoms with van der Waals surface area (Å²) in [6.45, 7) is 0.705. The lowest BCUT2D eigenvalue weighted by Gasteiger charge is -2.27. The first-order valence-electron chi connectivity index (χ1n) is 10.7. The monoisotopic (exact) mass is 429 g/mol. The Bertz CT molecular complexity index is 1260. The Morgan fingerprint density at radius 1 is 1.12 bits per heavy atom. The van der Waals surface area contributed by atoms with Gasteiger partial charge in [-0.1, -0.05) is 18.2 Å². The van der Waals surface area contributed by atoms with Gasteiger partial charge in [0, 0.05) is 23.6 Å². The van der Waals surface area contributed by atoms with E-state index in [2.05, 4.69) is 33.5 Å². The van der Waals surface area contributed by atoms with Crippen molar-refractivity contribution in [3.8, 4) is 17.0 Å². The maximum Gasteiger partial charge on any atom is 0.339 e. The van der Waals surface area contributed by atoms with E-state index < -0.39 is 5.97 Å². The van der Waals surface area contributed by atoms with Crippen molar-refractivity contribution in [2.45, 2.75) is 31.8 Å². The maximum absolute atomic E-state index is 11.6. The molecule has 2 N–H and O–H groups in total. The predicted octanol–water partition coefficient (Wildman–Crippen LogP) is 5.17. The van der Waals surface area contributed by atoms with Crippen molar-refractivity contribution in [3.63, 3.8) is 0 Å². The molecule has 2 aromatic carbocycles. The van der Waals surface area contributed by atoms with Gasteiger partial charge < -0.3 is 19.6 Å². The molecule has 2 heterocycles. The molecule has 0 atom stereocenters. The first kappa shape index (κ1) is 20.1. The van der Waals surface area contributed by atoms with Gasteiger partial charge in [0.25, 0.3) is 0 Å². The first-order valence-corrected chi connectivity index (χ1v) is 10.7. The molecule has 0 unspecified atom stereocenters. The van der Waals surface area contributed by atoms with Gasteiger partial charge in [0.05, 0.1) is 18.1 Å². The van der Waals surface area contributed by atoms with Crippen molar-refractivity contribution in [1.29, 1.82) is 0 Å². The second kappa shape index (κ2) is 8.70. The van der Waals surface area contributed by atoms with Crippen LogP contribution in [0.25, 0.3) is 22.2 Å². The molecule has 4 aromatic rings. The highest BCUT2D eigenvalue weighted by Crippen LogP contribution is 2.31. The standard InChI is InChI=1S/C25H23N3O4/c29-25(30)20-7-6-18(13-23(20)32-19-2-1-3-19)21-14-24(28-15-27-21)26-10-8-16-4-5-17-9-11-31-22(17)12-16/h4-7,9,11-15,19H,1-3,8,10H2,(H,29,30)(H,26,27,28). The Balaban J connectivity index is 1.29. The molecule has 1 aliphatic rings. The zero-order valence-electron chi connectivity index (χ0n) is 17.5. The third kappa shape index (κ3) is 4.27. The van der Waals surface area contributed by atoms with E-state index >= 15 is 0 Å². The van der Waals surface area contributed by atoms with Crippen LogP contribution in [0.3, 0.4) is 0 Å². The van der Waals surface area contributed by atoms with Crippen LogP contribution in [0.15, 0.2) is 65.5 Å². The lowest BCUT2D eigenvalue weighted by Crippen LogP contribution is -2.25. The molecule has 0 saturated heterocycles. The summed E-state index contributed by atoms with van der Waals surface area (Å²) in [5.41, 5.74) is 3.72. The summed E-state index contributed by atoms with van der Waals surface area (Å²) in [5.74, 6) is 0.0997. The van der Waals surface area contributed by atoms with E-state index in [4.69, 9.17) is 9.15 Å². The van der Waals surface area contributed by atoms with Gasteiger partial charge in [0.1, 0.15) is 29.0 Å². The molecular weight excluding hydrogens is 406 g/mol. The number of fused-ring (bicyclic) bond motifs is 1. The normalized spacial score (nSPS) is 13.6. The van der Waals surface area contributed by atoms with Crippen molar-refractivity contribution in [2.75, 3.05) is 11.9 Å². The molecule has 7 heteroatoms. The van der Waals surface area contributed by atoms with Crippen molar-refractivity contribution < 1.29 is 19.1 Å². The molecule has 162 valence electrons. The van der Waals surface area contributed by atoms with Crippen LogP contribution in [0.4, 0.5) is 5.82 Å². The highest BCUT2D eigenvalue weighted by molar-refractivity contribution is 5.92. The number of hydrogen-bond donors (Lipinski definition) is 2. The lowest BCUT2D eigenvalue weighted by atomic mass is 9.96. The molecule has 7 nitrogen and oxygen atoms in total. The molecule has 2 aromatic heterocycles. The van der Waals surface area contributed by atoms with Gasteiger partial charge in [-0.2, -0.15) is 0 Å². The third-order valence-corrected chi connectivity index (χ3v) is 5.76. The Hall–Kier alpha value is -3.87. The van der Waals surface area contributed by atoms with Crippen LogP contribution in [0, 0.1) is 0 Å². The number of carbonyl (C=O) groups is 1. The van der Waals surface area contributed by atoms with E-state index in [1.54, 1.807) is 24.5 Å². The van der Waals surface area contributed by atoms with E-state index in [9.17, 15) is 9.90 Å². The van der Waals surface area contributed by atoms with Gasteiger partial charge in [-0.3, -0.25) is 0 Å². The largest absolute Gasteiger partial charge is 0.490 e. The number of aromatic carboxylic acids is 1. The van der Waals surface area contributed by atoms with Crippen molar-refractivity contribution in [1.82, 2.24) is 9.97 Å². The summed E-state index contributed by atoms with van der Waals surface area (Å²) >= 11 is 0. The Morgan fingerprint density at radius 2 is 2.03 bits per heavy atom. The number of rotatable bonds is 8. The number of carboxylic acids is 1. The van der Waals surface area contributed by atoms with Crippen LogP contribution >= 0.6 is 0 Å². The summed E-state index contributed by atoms with van der Waals surface area (Å²) in [7, 11) is 0. The van der Waals surface area contributed by atoms with Crippen LogP contribution in [-0.4, -0.2) is 33.7 Å². The number of anilines is 1. The number of nitrogens with zero attached hydrogens (tertiary/aromatic N) is 2. The van der Waals surface area contributed by atoms with Crippen molar-refractivity contribution in [3.05, 3.63) is 72.2 Å². The molecule has 0 aliphatic heterocycles. The highest BCUT2D eigenvalue weighted by Gasteiger charge is 2.22. The van der Waals surface area contributed by atoms with Crippen LogP contribution in [0.2, 0.25) is 0 Å². The fourth-order valence-electron chi connectivity index (χ4n) is 3.73. The minimum atomic E-state index is -0.997. The third-order valence-electron chi connectivity index (χ3n) is 5.76. The predicted molar refractivity (Wildman–Crippen MR) is 121 cm³/mol. The number of hydrogen-bond acceptors (Lipinski definition) is 6. The molecular formula is C25H23N3O4. The molecule has 0 spiro atoms. The summed E-state index contributed by atoms with van der Waals surface area (Å²) < 4.78 is 11.4. The van der Waals surface area contributed by atoms with Crippen LogP contribution < -0.4 is 10.1 Å². The fourth-order valence-corrected chi connectivity index (χ4v) is 3.73. The summed E-state index contributed by atoms with van der Waals surface area (Å²) in [4.78, 5) is 20.3. The summed E-state index contributed by atoms with van der Waals surface area (Å²) in [6.07, 6.45) is 7.14. The van der Waals surface area contributed by atoms with Gasteiger partial charge in [0.2, 0.25) is 0 Å². The van der Waals surface area contributed by atoms with Gasteiger partial charge in [-0.25, -0.2) is 14.8 Å². The summed E-state index contributed by atoms with van der Waals surface area (Å²) in [5, 5.41) is 13.9. The molecule has 0 amide bonds. The zero-order chi connectivity index (χ0) is 21.9. The number of nitrogens with one attached hydrogen (secondary N) is 1. The quantitative estimate of drug-likeness (QED) is 0.398. The second-order valence-corrected chi connectivity index (χ2v) is 7.94. The Kier molecular flexibility index (Phi) is 5.46. The number of ether oxygens (including phenoxy) is 1. The average Bonchev–Trinajstić information content (AvgIpc) is 3.24. The fraction of sp³-hybridized carbons (Fsp3) is 0.240. The van der Waals surface area contributed by atoms with Crippen LogP contribution in [0.5, 0.6) is 5.75 Å². The highest BCUT2D eigenvalue weighted by atomic mass is 16.5. The van der Waals surface area contributed by atoms with E-state index in [0.717, 1.165) is 42.2 Å². The smallest absolute Gasteiger partial charge is 0.339 e. The van der Waals surface area contributed by atoms with Gasteiger partial charge in [0.15, 0.2) is 0 Å². The lowest BCUT2D eigenvalue weighted by molar-refractivity contribution is 0.0680. The van der Waals surface area contributed by atoms with Gasteiger partial charge >= 0.3 is 5.97 Å². The molecule has 1 saturated carbocycles.